The van der Waals surface area contributed by atoms with Crippen LogP contribution in [0.1, 0.15) is 18.9 Å². The molecule has 0 amide bonds. The van der Waals surface area contributed by atoms with Gasteiger partial charge in [-0.1, -0.05) is 18.5 Å². The summed E-state index contributed by atoms with van der Waals surface area (Å²) in [5.74, 6) is -1.53. The zero-order valence-corrected chi connectivity index (χ0v) is 10.8. The van der Waals surface area contributed by atoms with Gasteiger partial charge in [0, 0.05) is 12.0 Å². The summed E-state index contributed by atoms with van der Waals surface area (Å²) in [5.41, 5.74) is 6.16. The Bertz CT molecular complexity index is 483. The summed E-state index contributed by atoms with van der Waals surface area (Å²) in [5, 5.41) is 0.111. The van der Waals surface area contributed by atoms with Crippen molar-refractivity contribution in [2.45, 2.75) is 31.4 Å². The van der Waals surface area contributed by atoms with Gasteiger partial charge in [-0.3, -0.25) is 0 Å². The number of hydrogen-bond donors (Lipinski definition) is 1. The van der Waals surface area contributed by atoms with E-state index in [0.29, 0.717) is 0 Å². The molecule has 1 aliphatic heterocycles. The van der Waals surface area contributed by atoms with E-state index in [1.54, 1.807) is 6.92 Å². The van der Waals surface area contributed by atoms with E-state index < -0.39 is 24.7 Å². The Morgan fingerprint density at radius 3 is 2.79 bits per heavy atom. The molecule has 2 N–H and O–H groups in total. The summed E-state index contributed by atoms with van der Waals surface area (Å²) in [7, 11) is 0. The maximum Gasteiger partial charge on any atom is 0.417 e. The standard InChI is InChI=1S/C11H12ClF3N2O2/c1-2-10(6-3-9(12)17-4-7(6)16)18-5-8(19-10)11(13,14)15/h3-4,8H,2,5,16H2,1H3/t8?,10-/m1/s1. The Morgan fingerprint density at radius 1 is 1.58 bits per heavy atom. The lowest BCUT2D eigenvalue weighted by Crippen LogP contribution is -2.34. The monoisotopic (exact) mass is 296 g/mol. The second-order valence-corrected chi connectivity index (χ2v) is 4.55. The zero-order chi connectivity index (χ0) is 14.3. The van der Waals surface area contributed by atoms with Crippen molar-refractivity contribution in [2.75, 3.05) is 12.3 Å². The molecule has 0 aliphatic carbocycles. The van der Waals surface area contributed by atoms with Crippen LogP contribution in [0.3, 0.4) is 0 Å². The second-order valence-electron chi connectivity index (χ2n) is 4.16. The number of rotatable bonds is 2. The van der Waals surface area contributed by atoms with Crippen LogP contribution in [0.4, 0.5) is 18.9 Å². The number of anilines is 1. The minimum absolute atomic E-state index is 0.111. The maximum atomic E-state index is 12.7. The zero-order valence-electron chi connectivity index (χ0n) is 10.00. The summed E-state index contributed by atoms with van der Waals surface area (Å²) in [6, 6.07) is 1.36. The number of aromatic nitrogens is 1. The van der Waals surface area contributed by atoms with Crippen LogP contribution < -0.4 is 5.73 Å². The van der Waals surface area contributed by atoms with E-state index in [2.05, 4.69) is 4.98 Å². The van der Waals surface area contributed by atoms with Gasteiger partial charge in [-0.05, 0) is 6.07 Å². The van der Waals surface area contributed by atoms with Crippen LogP contribution >= 0.6 is 11.6 Å². The third kappa shape index (κ3) is 2.63. The van der Waals surface area contributed by atoms with Gasteiger partial charge in [0.1, 0.15) is 5.15 Å². The lowest BCUT2D eigenvalue weighted by molar-refractivity contribution is -0.247. The molecule has 19 heavy (non-hydrogen) atoms. The number of ether oxygens (including phenoxy) is 2. The summed E-state index contributed by atoms with van der Waals surface area (Å²) in [6.07, 6.45) is -5.02. The fourth-order valence-electron chi connectivity index (χ4n) is 1.96. The second kappa shape index (κ2) is 4.81. The molecule has 0 radical (unpaired) electrons. The van der Waals surface area contributed by atoms with Gasteiger partial charge in [0.2, 0.25) is 0 Å². The van der Waals surface area contributed by atoms with Crippen molar-refractivity contribution in [1.82, 2.24) is 4.98 Å². The molecule has 1 saturated heterocycles. The predicted octanol–water partition coefficient (Wildman–Crippen LogP) is 2.86. The Kier molecular flexibility index (Phi) is 3.63. The van der Waals surface area contributed by atoms with E-state index in [4.69, 9.17) is 26.8 Å². The predicted molar refractivity (Wildman–Crippen MR) is 62.5 cm³/mol. The molecule has 1 aliphatic rings. The normalized spacial score (nSPS) is 27.7. The average Bonchev–Trinajstić information content (AvgIpc) is 2.77. The molecule has 1 fully saturated rings. The Hall–Kier alpha value is -1.05. The van der Waals surface area contributed by atoms with Gasteiger partial charge in [-0.25, -0.2) is 4.98 Å². The van der Waals surface area contributed by atoms with Crippen LogP contribution in [0.15, 0.2) is 12.3 Å². The molecule has 2 rings (SSSR count). The largest absolute Gasteiger partial charge is 0.417 e. The number of nitrogen functional groups attached to an aromatic ring is 1. The van der Waals surface area contributed by atoms with Crippen molar-refractivity contribution >= 4 is 17.3 Å². The first-order chi connectivity index (χ1) is 8.78. The van der Waals surface area contributed by atoms with E-state index in [-0.39, 0.29) is 22.8 Å². The Morgan fingerprint density at radius 2 is 2.26 bits per heavy atom. The minimum Gasteiger partial charge on any atom is -0.397 e. The Balaban J connectivity index is 2.37. The van der Waals surface area contributed by atoms with E-state index in [1.165, 1.54) is 12.3 Å². The highest BCUT2D eigenvalue weighted by atomic mass is 35.5. The van der Waals surface area contributed by atoms with Gasteiger partial charge in [0.15, 0.2) is 11.9 Å². The van der Waals surface area contributed by atoms with Crippen LogP contribution in [-0.4, -0.2) is 23.9 Å². The molecule has 2 heterocycles. The summed E-state index contributed by atoms with van der Waals surface area (Å²) < 4.78 is 48.3. The summed E-state index contributed by atoms with van der Waals surface area (Å²) in [4.78, 5) is 3.75. The molecule has 0 spiro atoms. The maximum absolute atomic E-state index is 12.7. The van der Waals surface area contributed by atoms with E-state index in [1.807, 2.05) is 0 Å². The van der Waals surface area contributed by atoms with Crippen LogP contribution in [0.25, 0.3) is 0 Å². The van der Waals surface area contributed by atoms with E-state index >= 15 is 0 Å². The molecular formula is C11H12ClF3N2O2. The van der Waals surface area contributed by atoms with E-state index in [0.717, 1.165) is 0 Å². The van der Waals surface area contributed by atoms with Crippen LogP contribution in [0.2, 0.25) is 5.15 Å². The third-order valence-electron chi connectivity index (χ3n) is 2.94. The molecule has 1 unspecified atom stereocenters. The molecular weight excluding hydrogens is 285 g/mol. The lowest BCUT2D eigenvalue weighted by atomic mass is 10.0. The average molecular weight is 297 g/mol. The smallest absolute Gasteiger partial charge is 0.397 e. The lowest BCUT2D eigenvalue weighted by Gasteiger charge is -2.28. The minimum atomic E-state index is -4.48. The number of pyridine rings is 1. The molecule has 0 bridgehead atoms. The van der Waals surface area contributed by atoms with Gasteiger partial charge in [-0.2, -0.15) is 13.2 Å². The van der Waals surface area contributed by atoms with Gasteiger partial charge in [-0.15, -0.1) is 0 Å². The van der Waals surface area contributed by atoms with E-state index in [9.17, 15) is 13.2 Å². The van der Waals surface area contributed by atoms with Crippen molar-refractivity contribution in [3.8, 4) is 0 Å². The fourth-order valence-corrected chi connectivity index (χ4v) is 2.11. The van der Waals surface area contributed by atoms with Crippen molar-refractivity contribution in [3.05, 3.63) is 23.0 Å². The highest BCUT2D eigenvalue weighted by molar-refractivity contribution is 6.29. The highest BCUT2D eigenvalue weighted by Crippen LogP contribution is 2.44. The molecule has 8 heteroatoms. The fraction of sp³-hybridized carbons (Fsp3) is 0.545. The molecule has 0 saturated carbocycles. The molecule has 4 nitrogen and oxygen atoms in total. The first-order valence-corrected chi connectivity index (χ1v) is 5.96. The third-order valence-corrected chi connectivity index (χ3v) is 3.15. The number of nitrogens with zero attached hydrogens (tertiary/aromatic N) is 1. The summed E-state index contributed by atoms with van der Waals surface area (Å²) in [6.45, 7) is 1.07. The van der Waals surface area contributed by atoms with Gasteiger partial charge < -0.3 is 15.2 Å². The number of alkyl halides is 3. The number of nitrogens with two attached hydrogens (primary N) is 1. The molecule has 0 aromatic carbocycles. The highest BCUT2D eigenvalue weighted by Gasteiger charge is 2.53. The topological polar surface area (TPSA) is 57.4 Å². The molecule has 1 aromatic heterocycles. The Labute approximate surface area is 112 Å². The van der Waals surface area contributed by atoms with Gasteiger partial charge in [0.25, 0.3) is 0 Å². The quantitative estimate of drug-likeness (QED) is 0.853. The van der Waals surface area contributed by atoms with Crippen LogP contribution in [0, 0.1) is 0 Å². The van der Waals surface area contributed by atoms with Gasteiger partial charge >= 0.3 is 6.18 Å². The van der Waals surface area contributed by atoms with Crippen molar-refractivity contribution in [3.63, 3.8) is 0 Å². The van der Waals surface area contributed by atoms with Crippen molar-refractivity contribution in [2.24, 2.45) is 0 Å². The first kappa shape index (κ1) is 14.4. The van der Waals surface area contributed by atoms with Crippen LogP contribution in [0.5, 0.6) is 0 Å². The van der Waals surface area contributed by atoms with Crippen molar-refractivity contribution < 1.29 is 22.6 Å². The van der Waals surface area contributed by atoms with Crippen LogP contribution in [-0.2, 0) is 15.3 Å². The summed E-state index contributed by atoms with van der Waals surface area (Å²) >= 11 is 5.74. The molecule has 2 atom stereocenters. The SMILES string of the molecule is CC[C@@]1(c2cc(Cl)ncc2N)OCC(C(F)(F)F)O1. The number of hydrogen-bond acceptors (Lipinski definition) is 4. The molecule has 1 aromatic rings. The first-order valence-electron chi connectivity index (χ1n) is 5.58. The van der Waals surface area contributed by atoms with Gasteiger partial charge in [0.05, 0.1) is 18.5 Å². The van der Waals surface area contributed by atoms with Crippen molar-refractivity contribution in [1.29, 1.82) is 0 Å². The molecule has 106 valence electrons. The number of halogens is 4.